The second-order valence-corrected chi connectivity index (χ2v) is 6.58. The summed E-state index contributed by atoms with van der Waals surface area (Å²) in [5.41, 5.74) is 0.811. The zero-order valence-corrected chi connectivity index (χ0v) is 15.0. The molecule has 1 aromatic carbocycles. The molecular formula is C19H28N2O4. The number of hydrogen-bond donors (Lipinski definition) is 0. The summed E-state index contributed by atoms with van der Waals surface area (Å²) in [5.74, 6) is 0.0550. The van der Waals surface area contributed by atoms with Crippen LogP contribution in [0.5, 0.6) is 0 Å². The number of hydrogen-bond acceptors (Lipinski definition) is 4. The molecule has 1 amide bonds. The van der Waals surface area contributed by atoms with Gasteiger partial charge in [0, 0.05) is 38.1 Å². The van der Waals surface area contributed by atoms with Crippen LogP contribution in [0.1, 0.15) is 63.9 Å². The predicted molar refractivity (Wildman–Crippen MR) is 96.0 cm³/mol. The number of non-ortho nitro benzene ring substituents is 1. The third kappa shape index (κ3) is 6.12. The number of nitro groups is 1. The lowest BCUT2D eigenvalue weighted by Gasteiger charge is -2.25. The van der Waals surface area contributed by atoms with E-state index in [-0.39, 0.29) is 17.8 Å². The van der Waals surface area contributed by atoms with E-state index >= 15 is 0 Å². The van der Waals surface area contributed by atoms with E-state index < -0.39 is 4.92 Å². The number of rotatable bonds is 11. The van der Waals surface area contributed by atoms with Crippen molar-refractivity contribution in [2.45, 2.75) is 71.1 Å². The molecule has 2 rings (SSSR count). The number of carbonyl (C=O) groups excluding carboxylic acids is 1. The fourth-order valence-electron chi connectivity index (χ4n) is 3.14. The third-order valence-electron chi connectivity index (χ3n) is 4.56. The molecular weight excluding hydrogens is 320 g/mol. The van der Waals surface area contributed by atoms with Gasteiger partial charge in [0.2, 0.25) is 5.91 Å². The molecule has 0 spiro atoms. The Morgan fingerprint density at radius 1 is 1.24 bits per heavy atom. The number of unbranched alkanes of at least 4 members (excludes halogenated alkanes) is 5. The first-order valence-corrected chi connectivity index (χ1v) is 9.26. The topological polar surface area (TPSA) is 72.7 Å². The van der Waals surface area contributed by atoms with Crippen LogP contribution >= 0.6 is 0 Å². The van der Waals surface area contributed by atoms with E-state index in [0.717, 1.165) is 18.4 Å². The first kappa shape index (κ1) is 19.4. The minimum Gasteiger partial charge on any atom is -0.358 e. The van der Waals surface area contributed by atoms with Crippen molar-refractivity contribution in [1.82, 2.24) is 4.90 Å². The minimum absolute atomic E-state index is 0.0497. The second-order valence-electron chi connectivity index (χ2n) is 6.58. The van der Waals surface area contributed by atoms with Gasteiger partial charge < -0.3 is 9.64 Å². The maximum atomic E-state index is 12.1. The maximum absolute atomic E-state index is 12.1. The van der Waals surface area contributed by atoms with Crippen molar-refractivity contribution in [3.63, 3.8) is 0 Å². The summed E-state index contributed by atoms with van der Waals surface area (Å²) < 4.78 is 5.91. The normalized spacial score (nSPS) is 17.2. The summed E-state index contributed by atoms with van der Waals surface area (Å²) >= 11 is 0. The van der Waals surface area contributed by atoms with Gasteiger partial charge in [-0.2, -0.15) is 0 Å². The molecule has 25 heavy (non-hydrogen) atoms. The first-order valence-electron chi connectivity index (χ1n) is 9.26. The van der Waals surface area contributed by atoms with Gasteiger partial charge in [-0.15, -0.1) is 0 Å². The Balaban J connectivity index is 1.81. The number of likely N-dealkylation sites (tertiary alicyclic amines) is 1. The van der Waals surface area contributed by atoms with Crippen LogP contribution in [-0.4, -0.2) is 28.6 Å². The molecule has 1 atom stereocenters. The molecule has 6 heteroatoms. The Morgan fingerprint density at radius 2 is 2.00 bits per heavy atom. The van der Waals surface area contributed by atoms with Crippen LogP contribution in [0.15, 0.2) is 24.3 Å². The Hall–Kier alpha value is -1.95. The van der Waals surface area contributed by atoms with Crippen molar-refractivity contribution < 1.29 is 14.5 Å². The first-order chi connectivity index (χ1) is 12.1. The molecule has 1 fully saturated rings. The van der Waals surface area contributed by atoms with E-state index in [2.05, 4.69) is 6.92 Å². The molecule has 0 radical (unpaired) electrons. The van der Waals surface area contributed by atoms with E-state index in [9.17, 15) is 14.9 Å². The summed E-state index contributed by atoms with van der Waals surface area (Å²) in [6.45, 7) is 3.23. The van der Waals surface area contributed by atoms with Crippen LogP contribution in [-0.2, 0) is 16.1 Å². The van der Waals surface area contributed by atoms with Crippen molar-refractivity contribution in [3.05, 3.63) is 39.9 Å². The van der Waals surface area contributed by atoms with Gasteiger partial charge in [0.05, 0.1) is 4.92 Å². The lowest BCUT2D eigenvalue weighted by atomic mass is 10.1. The minimum atomic E-state index is -0.415. The van der Waals surface area contributed by atoms with Crippen LogP contribution in [0, 0.1) is 10.1 Å². The molecule has 6 nitrogen and oxygen atoms in total. The van der Waals surface area contributed by atoms with Gasteiger partial charge in [0.1, 0.15) is 6.23 Å². The Morgan fingerprint density at radius 3 is 2.76 bits per heavy atom. The average molecular weight is 348 g/mol. The fourth-order valence-corrected chi connectivity index (χ4v) is 3.14. The van der Waals surface area contributed by atoms with Crippen molar-refractivity contribution in [1.29, 1.82) is 0 Å². The quantitative estimate of drug-likeness (QED) is 0.337. The summed E-state index contributed by atoms with van der Waals surface area (Å²) in [5, 5.41) is 10.9. The molecule has 1 aliphatic heterocycles. The molecule has 0 N–H and O–H groups in total. The van der Waals surface area contributed by atoms with Crippen LogP contribution in [0.3, 0.4) is 0 Å². The third-order valence-corrected chi connectivity index (χ3v) is 4.56. The Bertz CT molecular complexity index is 576. The maximum Gasteiger partial charge on any atom is 0.269 e. The lowest BCUT2D eigenvalue weighted by Crippen LogP contribution is -2.34. The number of amides is 1. The molecule has 0 aliphatic carbocycles. The number of nitro benzene ring substituents is 1. The van der Waals surface area contributed by atoms with E-state index in [0.29, 0.717) is 26.0 Å². The predicted octanol–water partition coefficient (Wildman–Crippen LogP) is 4.42. The molecule has 1 aliphatic rings. The van der Waals surface area contributed by atoms with Crippen molar-refractivity contribution >= 4 is 11.6 Å². The molecule has 0 aromatic heterocycles. The smallest absolute Gasteiger partial charge is 0.269 e. The lowest BCUT2D eigenvalue weighted by molar-refractivity contribution is -0.384. The standard InChI is InChI=1S/C19H28N2O4/c1-2-3-4-5-6-7-13-25-19-12-11-18(22)20(19)15-16-9-8-10-17(14-16)21(23)24/h8-10,14,19H,2-7,11-13,15H2,1H3. The summed E-state index contributed by atoms with van der Waals surface area (Å²) in [6.07, 6.45) is 8.18. The van der Waals surface area contributed by atoms with Gasteiger partial charge in [-0.25, -0.2) is 0 Å². The number of carbonyl (C=O) groups is 1. The number of nitrogens with zero attached hydrogens (tertiary/aromatic N) is 2. The molecule has 0 saturated carbocycles. The van der Waals surface area contributed by atoms with Crippen LogP contribution in [0.4, 0.5) is 5.69 Å². The molecule has 1 aromatic rings. The number of ether oxygens (including phenoxy) is 1. The number of benzene rings is 1. The van der Waals surface area contributed by atoms with Gasteiger partial charge >= 0.3 is 0 Å². The molecule has 1 heterocycles. The van der Waals surface area contributed by atoms with Gasteiger partial charge in [0.25, 0.3) is 5.69 Å². The zero-order valence-electron chi connectivity index (χ0n) is 15.0. The largest absolute Gasteiger partial charge is 0.358 e. The Labute approximate surface area is 149 Å². The van der Waals surface area contributed by atoms with Crippen LogP contribution < -0.4 is 0 Å². The zero-order chi connectivity index (χ0) is 18.1. The molecule has 1 unspecified atom stereocenters. The summed E-state index contributed by atoms with van der Waals surface area (Å²) in [4.78, 5) is 24.3. The Kier molecular flexibility index (Phi) is 7.85. The van der Waals surface area contributed by atoms with E-state index in [1.54, 1.807) is 11.0 Å². The highest BCUT2D eigenvalue weighted by molar-refractivity contribution is 5.78. The van der Waals surface area contributed by atoms with Crippen LogP contribution in [0.2, 0.25) is 0 Å². The summed E-state index contributed by atoms with van der Waals surface area (Å²) in [6, 6.07) is 6.45. The van der Waals surface area contributed by atoms with E-state index in [1.807, 2.05) is 6.07 Å². The second kappa shape index (κ2) is 10.1. The molecule has 138 valence electrons. The summed E-state index contributed by atoms with van der Waals surface area (Å²) in [7, 11) is 0. The van der Waals surface area contributed by atoms with Gasteiger partial charge in [-0.3, -0.25) is 14.9 Å². The fraction of sp³-hybridized carbons (Fsp3) is 0.632. The SMILES string of the molecule is CCCCCCCCOC1CCC(=O)N1Cc1cccc([N+](=O)[O-])c1. The van der Waals surface area contributed by atoms with Crippen molar-refractivity contribution in [3.8, 4) is 0 Å². The molecule has 0 bridgehead atoms. The van der Waals surface area contributed by atoms with E-state index in [4.69, 9.17) is 4.74 Å². The van der Waals surface area contributed by atoms with Crippen LogP contribution in [0.25, 0.3) is 0 Å². The van der Waals surface area contributed by atoms with Crippen molar-refractivity contribution in [2.24, 2.45) is 0 Å². The highest BCUT2D eigenvalue weighted by Crippen LogP contribution is 2.24. The highest BCUT2D eigenvalue weighted by atomic mass is 16.6. The molecule has 1 saturated heterocycles. The average Bonchev–Trinajstić information content (AvgIpc) is 2.94. The van der Waals surface area contributed by atoms with Gasteiger partial charge in [-0.05, 0) is 12.0 Å². The van der Waals surface area contributed by atoms with E-state index in [1.165, 1.54) is 37.8 Å². The monoisotopic (exact) mass is 348 g/mol. The highest BCUT2D eigenvalue weighted by Gasteiger charge is 2.31. The van der Waals surface area contributed by atoms with Gasteiger partial charge in [-0.1, -0.05) is 51.2 Å². The van der Waals surface area contributed by atoms with Gasteiger partial charge in [0.15, 0.2) is 0 Å². The van der Waals surface area contributed by atoms with Crippen molar-refractivity contribution in [2.75, 3.05) is 6.61 Å².